The van der Waals surface area contributed by atoms with Gasteiger partial charge in [-0.25, -0.2) is 13.2 Å². The molecule has 214 valence electrons. The fourth-order valence-corrected chi connectivity index (χ4v) is 4.45. The van der Waals surface area contributed by atoms with Crippen molar-refractivity contribution < 1.29 is 35.9 Å². The Labute approximate surface area is 236 Å². The summed E-state index contributed by atoms with van der Waals surface area (Å²) in [6.07, 6.45) is -3.22. The SMILES string of the molecule is CC(F)(F)c1cc(C(=O)N[C@](Cc2ccccc2)(c2cccc(OCC(F)(F)F)c2)c2ccc(Cl)cn2)ccc1F. The van der Waals surface area contributed by atoms with E-state index in [4.69, 9.17) is 16.3 Å². The molecule has 4 nitrogen and oxygen atoms in total. The molecule has 0 aliphatic rings. The molecular weight excluding hydrogens is 570 g/mol. The summed E-state index contributed by atoms with van der Waals surface area (Å²) < 4.78 is 85.9. The summed E-state index contributed by atoms with van der Waals surface area (Å²) in [6, 6.07) is 20.2. The topological polar surface area (TPSA) is 51.2 Å². The van der Waals surface area contributed by atoms with E-state index in [1.54, 1.807) is 36.4 Å². The van der Waals surface area contributed by atoms with Crippen LogP contribution in [0.4, 0.5) is 26.3 Å². The van der Waals surface area contributed by atoms with E-state index in [0.29, 0.717) is 12.5 Å². The average Bonchev–Trinajstić information content (AvgIpc) is 2.92. The first kappa shape index (κ1) is 29.9. The molecule has 1 N–H and O–H groups in total. The molecule has 4 aromatic rings. The highest BCUT2D eigenvalue weighted by atomic mass is 35.5. The monoisotopic (exact) mass is 592 g/mol. The highest BCUT2D eigenvalue weighted by molar-refractivity contribution is 6.30. The maximum absolute atomic E-state index is 14.2. The number of halogens is 7. The number of hydrogen-bond donors (Lipinski definition) is 1. The third-order valence-electron chi connectivity index (χ3n) is 6.23. The van der Waals surface area contributed by atoms with Gasteiger partial charge in [0.15, 0.2) is 6.61 Å². The first-order valence-electron chi connectivity index (χ1n) is 12.2. The Bertz CT molecular complexity index is 1510. The molecule has 1 heterocycles. The van der Waals surface area contributed by atoms with Crippen molar-refractivity contribution >= 4 is 17.5 Å². The molecule has 11 heteroatoms. The van der Waals surface area contributed by atoms with Gasteiger partial charge in [-0.15, -0.1) is 0 Å². The molecule has 0 aliphatic carbocycles. The summed E-state index contributed by atoms with van der Waals surface area (Å²) >= 11 is 6.07. The van der Waals surface area contributed by atoms with Crippen molar-refractivity contribution in [3.63, 3.8) is 0 Å². The van der Waals surface area contributed by atoms with E-state index in [-0.39, 0.29) is 34.0 Å². The Morgan fingerprint density at radius 3 is 2.29 bits per heavy atom. The van der Waals surface area contributed by atoms with Crippen molar-refractivity contribution in [1.29, 1.82) is 0 Å². The third-order valence-corrected chi connectivity index (χ3v) is 6.46. The van der Waals surface area contributed by atoms with Gasteiger partial charge >= 0.3 is 6.18 Å². The Balaban J connectivity index is 1.89. The Kier molecular flexibility index (Phi) is 8.63. The lowest BCUT2D eigenvalue weighted by Gasteiger charge is -2.36. The van der Waals surface area contributed by atoms with Crippen molar-refractivity contribution in [1.82, 2.24) is 10.3 Å². The largest absolute Gasteiger partial charge is 0.484 e. The molecule has 0 fully saturated rings. The number of aromatic nitrogens is 1. The van der Waals surface area contributed by atoms with Crippen LogP contribution in [0.3, 0.4) is 0 Å². The third kappa shape index (κ3) is 7.38. The van der Waals surface area contributed by atoms with Gasteiger partial charge in [0.1, 0.15) is 17.1 Å². The molecule has 0 unspecified atom stereocenters. The van der Waals surface area contributed by atoms with Gasteiger partial charge in [-0.2, -0.15) is 13.2 Å². The van der Waals surface area contributed by atoms with E-state index < -0.39 is 41.5 Å². The Morgan fingerprint density at radius 2 is 1.66 bits per heavy atom. The fourth-order valence-electron chi connectivity index (χ4n) is 4.34. The molecule has 41 heavy (non-hydrogen) atoms. The van der Waals surface area contributed by atoms with Gasteiger partial charge in [0.25, 0.3) is 11.8 Å². The summed E-state index contributed by atoms with van der Waals surface area (Å²) in [6.45, 7) is -1.03. The van der Waals surface area contributed by atoms with Gasteiger partial charge in [-0.05, 0) is 53.6 Å². The van der Waals surface area contributed by atoms with Crippen LogP contribution in [0.25, 0.3) is 0 Å². The number of rotatable bonds is 9. The van der Waals surface area contributed by atoms with Crippen LogP contribution in [0.5, 0.6) is 5.75 Å². The van der Waals surface area contributed by atoms with Gasteiger partial charge in [0.05, 0.1) is 16.3 Å². The zero-order chi connectivity index (χ0) is 29.8. The van der Waals surface area contributed by atoms with Crippen molar-refractivity contribution in [3.05, 3.63) is 130 Å². The van der Waals surface area contributed by atoms with E-state index in [9.17, 15) is 31.1 Å². The smallest absolute Gasteiger partial charge is 0.422 e. The number of amides is 1. The van der Waals surface area contributed by atoms with Crippen LogP contribution in [0.15, 0.2) is 91.1 Å². The fraction of sp³-hybridized carbons (Fsp3) is 0.200. The van der Waals surface area contributed by atoms with E-state index in [0.717, 1.165) is 18.2 Å². The van der Waals surface area contributed by atoms with E-state index in [1.165, 1.54) is 36.5 Å². The van der Waals surface area contributed by atoms with Gasteiger partial charge in [-0.1, -0.05) is 54.1 Å². The molecule has 1 amide bonds. The second-order valence-electron chi connectivity index (χ2n) is 9.40. The number of nitrogens with zero attached hydrogens (tertiary/aromatic N) is 1. The van der Waals surface area contributed by atoms with Crippen LogP contribution >= 0.6 is 11.6 Å². The summed E-state index contributed by atoms with van der Waals surface area (Å²) in [7, 11) is 0. The van der Waals surface area contributed by atoms with Crippen LogP contribution in [0.2, 0.25) is 5.02 Å². The normalized spacial score (nSPS) is 13.4. The number of hydrogen-bond acceptors (Lipinski definition) is 3. The maximum atomic E-state index is 14.2. The molecule has 0 spiro atoms. The number of carbonyl (C=O) groups excluding carboxylic acids is 1. The lowest BCUT2D eigenvalue weighted by Crippen LogP contribution is -2.49. The minimum absolute atomic E-state index is 0.0366. The van der Waals surface area contributed by atoms with Gasteiger partial charge in [0.2, 0.25) is 0 Å². The van der Waals surface area contributed by atoms with Crippen LogP contribution in [0.1, 0.15) is 39.7 Å². The molecule has 0 bridgehead atoms. The quantitative estimate of drug-likeness (QED) is 0.201. The zero-order valence-corrected chi connectivity index (χ0v) is 22.2. The number of ether oxygens (including phenoxy) is 1. The number of pyridine rings is 1. The molecular formula is C30H23ClF6N2O2. The number of alkyl halides is 5. The van der Waals surface area contributed by atoms with Crippen molar-refractivity contribution in [2.75, 3.05) is 6.61 Å². The van der Waals surface area contributed by atoms with Gasteiger partial charge in [-0.3, -0.25) is 9.78 Å². The van der Waals surface area contributed by atoms with Crippen LogP contribution in [-0.4, -0.2) is 23.7 Å². The van der Waals surface area contributed by atoms with Gasteiger partial charge < -0.3 is 10.1 Å². The molecule has 0 saturated heterocycles. The second kappa shape index (κ2) is 11.8. The average molecular weight is 593 g/mol. The standard InChI is InChI=1S/C30H23ClF6N2O2/c1-28(33,34)24-14-20(10-12-25(24)32)27(40)39-29(16-19-6-3-2-4-7-19,26-13-11-22(31)17-38-26)21-8-5-9-23(15-21)41-18-30(35,36)37/h2-15,17H,16,18H2,1H3,(H,39,40)/t29-/m1/s1. The van der Waals surface area contributed by atoms with Crippen molar-refractivity contribution in [3.8, 4) is 5.75 Å². The molecule has 0 aliphatic heterocycles. The van der Waals surface area contributed by atoms with E-state index in [2.05, 4.69) is 10.3 Å². The van der Waals surface area contributed by atoms with Crippen LogP contribution in [0, 0.1) is 5.82 Å². The summed E-state index contributed by atoms with van der Waals surface area (Å²) in [4.78, 5) is 18.1. The summed E-state index contributed by atoms with van der Waals surface area (Å²) in [5, 5.41) is 3.14. The molecule has 1 atom stereocenters. The predicted octanol–water partition coefficient (Wildman–Crippen LogP) is 7.84. The van der Waals surface area contributed by atoms with E-state index >= 15 is 0 Å². The van der Waals surface area contributed by atoms with Crippen LogP contribution in [-0.2, 0) is 17.9 Å². The zero-order valence-electron chi connectivity index (χ0n) is 21.5. The minimum Gasteiger partial charge on any atom is -0.484 e. The highest BCUT2D eigenvalue weighted by Gasteiger charge is 2.39. The lowest BCUT2D eigenvalue weighted by molar-refractivity contribution is -0.153. The first-order valence-corrected chi connectivity index (χ1v) is 12.6. The predicted molar refractivity (Wildman–Crippen MR) is 142 cm³/mol. The molecule has 0 radical (unpaired) electrons. The molecule has 0 saturated carbocycles. The number of nitrogens with one attached hydrogen (secondary N) is 1. The van der Waals surface area contributed by atoms with Gasteiger partial charge in [0, 0.05) is 25.1 Å². The highest BCUT2D eigenvalue weighted by Crippen LogP contribution is 2.36. The van der Waals surface area contributed by atoms with E-state index in [1.807, 2.05) is 0 Å². The first-order chi connectivity index (χ1) is 19.3. The lowest BCUT2D eigenvalue weighted by atomic mass is 9.80. The summed E-state index contributed by atoms with van der Waals surface area (Å²) in [5.74, 6) is -5.73. The number of carbonyl (C=O) groups is 1. The second-order valence-corrected chi connectivity index (χ2v) is 9.83. The minimum atomic E-state index is -4.59. The molecule has 3 aromatic carbocycles. The number of benzene rings is 3. The maximum Gasteiger partial charge on any atom is 0.422 e. The molecule has 4 rings (SSSR count). The Morgan fingerprint density at radius 1 is 0.927 bits per heavy atom. The Hall–Kier alpha value is -4.05. The summed E-state index contributed by atoms with van der Waals surface area (Å²) in [5.41, 5.74) is -1.57. The van der Waals surface area contributed by atoms with Crippen molar-refractivity contribution in [2.24, 2.45) is 0 Å². The molecule has 1 aromatic heterocycles. The van der Waals surface area contributed by atoms with Crippen molar-refractivity contribution in [2.45, 2.75) is 31.0 Å². The van der Waals surface area contributed by atoms with Crippen LogP contribution < -0.4 is 10.1 Å².